The van der Waals surface area contributed by atoms with Gasteiger partial charge in [-0.15, -0.1) is 0 Å². The van der Waals surface area contributed by atoms with Gasteiger partial charge in [-0.2, -0.15) is 5.26 Å². The number of halogens is 2. The molecule has 4 aromatic rings. The lowest BCUT2D eigenvalue weighted by atomic mass is 10.00. The van der Waals surface area contributed by atoms with Crippen molar-refractivity contribution in [3.63, 3.8) is 0 Å². The van der Waals surface area contributed by atoms with Crippen molar-refractivity contribution in [2.75, 3.05) is 36.8 Å². The molecular formula is C29H30ClFN8O. The summed E-state index contributed by atoms with van der Waals surface area (Å²) in [5.41, 5.74) is 8.30. The molecular weight excluding hydrogens is 531 g/mol. The number of rotatable bonds is 5. The summed E-state index contributed by atoms with van der Waals surface area (Å²) in [4.78, 5) is 30.3. The van der Waals surface area contributed by atoms with Gasteiger partial charge < -0.3 is 16.0 Å². The van der Waals surface area contributed by atoms with Crippen molar-refractivity contribution in [3.05, 3.63) is 68.7 Å². The van der Waals surface area contributed by atoms with Crippen molar-refractivity contribution >= 4 is 34.0 Å². The molecule has 1 aromatic carbocycles. The molecule has 0 saturated carbocycles. The molecule has 0 unspecified atom stereocenters. The average Bonchev–Trinajstić information content (AvgIpc) is 2.93. The van der Waals surface area contributed by atoms with Crippen LogP contribution in [0.25, 0.3) is 28.0 Å². The fourth-order valence-electron chi connectivity index (χ4n) is 5.24. The highest BCUT2D eigenvalue weighted by molar-refractivity contribution is 6.34. The third-order valence-corrected chi connectivity index (χ3v) is 7.39. The Labute approximate surface area is 236 Å². The first-order valence-electron chi connectivity index (χ1n) is 13.2. The molecule has 3 N–H and O–H groups in total. The Hall–Kier alpha value is -4.07. The van der Waals surface area contributed by atoms with E-state index in [-0.39, 0.29) is 45.0 Å². The standard InChI is InChI=1S/C29H30ClFN8O/c1-15(2)23-27(24(16(3)4)36-14-35-23)39-28-17(26(18(13-32)29(39)40)38-10-8-34-9-11-38)12-19(30)25(37-28)22-20(31)6-5-7-21(22)33/h5-7,12,14-16,34H,8-11,33H2,1-4H3. The maximum absolute atomic E-state index is 15.1. The Morgan fingerprint density at radius 3 is 2.33 bits per heavy atom. The number of nitrogens with one attached hydrogen (secondary N) is 1. The molecule has 4 heterocycles. The van der Waals surface area contributed by atoms with Crippen LogP contribution in [0.5, 0.6) is 0 Å². The largest absolute Gasteiger partial charge is 0.398 e. The normalized spacial score (nSPS) is 13.8. The number of benzene rings is 1. The van der Waals surface area contributed by atoms with Gasteiger partial charge in [0, 0.05) is 37.3 Å². The highest BCUT2D eigenvalue weighted by Gasteiger charge is 2.29. The fraction of sp³-hybridized carbons (Fsp3) is 0.345. The first-order chi connectivity index (χ1) is 19.1. The molecule has 0 atom stereocenters. The van der Waals surface area contributed by atoms with E-state index in [9.17, 15) is 10.1 Å². The highest BCUT2D eigenvalue weighted by atomic mass is 35.5. The molecule has 0 bridgehead atoms. The second-order valence-electron chi connectivity index (χ2n) is 10.4. The van der Waals surface area contributed by atoms with Gasteiger partial charge in [0.1, 0.15) is 29.4 Å². The maximum Gasteiger partial charge on any atom is 0.276 e. The van der Waals surface area contributed by atoms with Crippen molar-refractivity contribution in [2.24, 2.45) is 0 Å². The van der Waals surface area contributed by atoms with Crippen LogP contribution in [-0.4, -0.2) is 45.7 Å². The minimum absolute atomic E-state index is 0.0290. The number of piperazine rings is 1. The number of aromatic nitrogens is 4. The predicted molar refractivity (Wildman–Crippen MR) is 156 cm³/mol. The Morgan fingerprint density at radius 2 is 1.75 bits per heavy atom. The third-order valence-electron chi connectivity index (χ3n) is 7.10. The second-order valence-corrected chi connectivity index (χ2v) is 10.8. The van der Waals surface area contributed by atoms with Gasteiger partial charge in [0.15, 0.2) is 0 Å². The smallest absolute Gasteiger partial charge is 0.276 e. The Morgan fingerprint density at radius 1 is 1.10 bits per heavy atom. The first-order valence-corrected chi connectivity index (χ1v) is 13.6. The Balaban J connectivity index is 2.01. The van der Waals surface area contributed by atoms with E-state index in [0.717, 1.165) is 0 Å². The molecule has 5 rings (SSSR count). The van der Waals surface area contributed by atoms with E-state index in [2.05, 4.69) is 21.4 Å². The van der Waals surface area contributed by atoms with E-state index in [1.54, 1.807) is 12.1 Å². The summed E-state index contributed by atoms with van der Waals surface area (Å²) in [5.74, 6) is -0.748. The summed E-state index contributed by atoms with van der Waals surface area (Å²) < 4.78 is 16.5. The highest BCUT2D eigenvalue weighted by Crippen LogP contribution is 2.39. The van der Waals surface area contributed by atoms with Crippen molar-refractivity contribution in [1.29, 1.82) is 5.26 Å². The average molecular weight is 561 g/mol. The predicted octanol–water partition coefficient (Wildman–Crippen LogP) is 4.75. The monoisotopic (exact) mass is 560 g/mol. The molecule has 11 heteroatoms. The summed E-state index contributed by atoms with van der Waals surface area (Å²) in [5, 5.41) is 14.3. The second kappa shape index (κ2) is 10.8. The Bertz CT molecular complexity index is 1670. The molecule has 40 heavy (non-hydrogen) atoms. The van der Waals surface area contributed by atoms with E-state index in [1.165, 1.54) is 23.0 Å². The molecule has 3 aromatic heterocycles. The molecule has 0 amide bonds. The number of anilines is 2. The summed E-state index contributed by atoms with van der Waals surface area (Å²) in [7, 11) is 0. The van der Waals surface area contributed by atoms with Crippen molar-refractivity contribution in [1.82, 2.24) is 24.8 Å². The zero-order valence-electron chi connectivity index (χ0n) is 22.8. The van der Waals surface area contributed by atoms with Gasteiger partial charge in [0.05, 0.1) is 39.0 Å². The van der Waals surface area contributed by atoms with Crippen LogP contribution >= 0.6 is 11.6 Å². The molecule has 0 aliphatic carbocycles. The summed E-state index contributed by atoms with van der Waals surface area (Å²) in [6, 6.07) is 8.16. The van der Waals surface area contributed by atoms with Crippen LogP contribution in [0, 0.1) is 17.1 Å². The third kappa shape index (κ3) is 4.55. The van der Waals surface area contributed by atoms with Gasteiger partial charge in [-0.3, -0.25) is 9.36 Å². The number of pyridine rings is 2. The molecule has 0 radical (unpaired) electrons. The van der Waals surface area contributed by atoms with Crippen LogP contribution in [-0.2, 0) is 0 Å². The zero-order valence-corrected chi connectivity index (χ0v) is 23.6. The van der Waals surface area contributed by atoms with Crippen molar-refractivity contribution in [3.8, 4) is 23.0 Å². The van der Waals surface area contributed by atoms with Crippen LogP contribution in [0.15, 0.2) is 35.4 Å². The quantitative estimate of drug-likeness (QED) is 0.335. The molecule has 1 aliphatic heterocycles. The minimum Gasteiger partial charge on any atom is -0.398 e. The van der Waals surface area contributed by atoms with Crippen LogP contribution in [0.2, 0.25) is 5.02 Å². The number of hydrogen-bond donors (Lipinski definition) is 2. The van der Waals surface area contributed by atoms with Gasteiger partial charge >= 0.3 is 0 Å². The van der Waals surface area contributed by atoms with E-state index < -0.39 is 11.4 Å². The summed E-state index contributed by atoms with van der Waals surface area (Å²) in [6.07, 6.45) is 1.48. The van der Waals surface area contributed by atoms with Gasteiger partial charge in [0.25, 0.3) is 5.56 Å². The SMILES string of the molecule is CC(C)c1ncnc(C(C)C)c1-n1c(=O)c(C#N)c(N2CCNCC2)c2cc(Cl)c(-c3c(N)cccc3F)nc21. The number of nitrogen functional groups attached to an aromatic ring is 1. The van der Waals surface area contributed by atoms with Gasteiger partial charge in [-0.25, -0.2) is 19.3 Å². The number of nitriles is 1. The van der Waals surface area contributed by atoms with E-state index >= 15 is 4.39 Å². The fourth-order valence-corrected chi connectivity index (χ4v) is 5.49. The van der Waals surface area contributed by atoms with Gasteiger partial charge in [-0.05, 0) is 30.0 Å². The van der Waals surface area contributed by atoms with Crippen LogP contribution in [0.3, 0.4) is 0 Å². The molecule has 206 valence electrons. The molecule has 1 aliphatic rings. The maximum atomic E-state index is 15.1. The van der Waals surface area contributed by atoms with Gasteiger partial charge in [-0.1, -0.05) is 45.4 Å². The molecule has 9 nitrogen and oxygen atoms in total. The molecule has 1 fully saturated rings. The number of fused-ring (bicyclic) bond motifs is 1. The van der Waals surface area contributed by atoms with E-state index in [0.29, 0.717) is 54.3 Å². The van der Waals surface area contributed by atoms with E-state index in [4.69, 9.17) is 22.3 Å². The lowest BCUT2D eigenvalue weighted by Gasteiger charge is -2.32. The number of nitrogens with zero attached hydrogens (tertiary/aromatic N) is 6. The molecule has 0 spiro atoms. The van der Waals surface area contributed by atoms with Crippen LogP contribution in [0.4, 0.5) is 15.8 Å². The topological polar surface area (TPSA) is 126 Å². The van der Waals surface area contributed by atoms with Crippen LogP contribution < -0.4 is 21.5 Å². The molecule has 1 saturated heterocycles. The minimum atomic E-state index is -0.590. The van der Waals surface area contributed by atoms with Crippen LogP contribution in [0.1, 0.15) is 56.5 Å². The Kier molecular flexibility index (Phi) is 7.45. The van der Waals surface area contributed by atoms with E-state index in [1.807, 2.05) is 32.6 Å². The lowest BCUT2D eigenvalue weighted by Crippen LogP contribution is -2.44. The summed E-state index contributed by atoms with van der Waals surface area (Å²) in [6.45, 7) is 10.4. The number of nitrogens with two attached hydrogens (primary N) is 1. The van der Waals surface area contributed by atoms with Gasteiger partial charge in [0.2, 0.25) is 0 Å². The number of hydrogen-bond acceptors (Lipinski definition) is 8. The summed E-state index contributed by atoms with van der Waals surface area (Å²) >= 11 is 6.78. The van der Waals surface area contributed by atoms with Crippen molar-refractivity contribution < 1.29 is 4.39 Å². The first kappa shape index (κ1) is 27.5. The zero-order chi connectivity index (χ0) is 28.7. The van der Waals surface area contributed by atoms with Crippen molar-refractivity contribution in [2.45, 2.75) is 39.5 Å². The lowest BCUT2D eigenvalue weighted by molar-refractivity contribution is 0.589.